The van der Waals surface area contributed by atoms with E-state index in [0.717, 1.165) is 36.2 Å². The molecular weight excluding hydrogens is 372 g/mol. The van der Waals surface area contributed by atoms with Crippen LogP contribution in [0.25, 0.3) is 0 Å². The van der Waals surface area contributed by atoms with E-state index in [1.807, 2.05) is 6.07 Å². The summed E-state index contributed by atoms with van der Waals surface area (Å²) in [5.74, 6) is 0.597. The van der Waals surface area contributed by atoms with Crippen LogP contribution < -0.4 is 4.90 Å². The van der Waals surface area contributed by atoms with Crippen molar-refractivity contribution in [2.24, 2.45) is 0 Å². The maximum atomic E-state index is 12.1. The Hall–Kier alpha value is -2.43. The normalized spacial score (nSPS) is 16.0. The van der Waals surface area contributed by atoms with Gasteiger partial charge in [-0.05, 0) is 18.2 Å². The third-order valence-electron chi connectivity index (χ3n) is 4.53. The molecule has 27 heavy (non-hydrogen) atoms. The summed E-state index contributed by atoms with van der Waals surface area (Å²) in [6, 6.07) is 9.78. The van der Waals surface area contributed by atoms with Crippen LogP contribution in [-0.2, 0) is 16.6 Å². The molecule has 1 aromatic heterocycles. The maximum absolute atomic E-state index is 12.1. The molecule has 0 unspecified atom stereocenters. The number of nitro groups is 1. The molecule has 2 aromatic rings. The van der Waals surface area contributed by atoms with Crippen molar-refractivity contribution in [1.29, 1.82) is 0 Å². The average Bonchev–Trinajstić information content (AvgIpc) is 3.11. The third-order valence-corrected chi connectivity index (χ3v) is 6.22. The maximum Gasteiger partial charge on any atom is 0.275 e. The Bertz CT molecular complexity index is 917. The fourth-order valence-electron chi connectivity index (χ4n) is 2.95. The van der Waals surface area contributed by atoms with Gasteiger partial charge in [0.15, 0.2) is 0 Å². The molecule has 0 radical (unpaired) electrons. The zero-order valence-corrected chi connectivity index (χ0v) is 16.1. The molecule has 0 saturated carbocycles. The molecule has 1 fully saturated rings. The lowest BCUT2D eigenvalue weighted by Crippen LogP contribution is -2.45. The summed E-state index contributed by atoms with van der Waals surface area (Å²) in [6.07, 6.45) is 0. The Kier molecular flexibility index (Phi) is 5.49. The highest BCUT2D eigenvalue weighted by atomic mass is 32.2. The first-order valence-electron chi connectivity index (χ1n) is 8.50. The number of nitrogens with zero attached hydrogens (tertiary/aromatic N) is 4. The van der Waals surface area contributed by atoms with Gasteiger partial charge in [-0.25, -0.2) is 12.7 Å². The standard InChI is InChI=1S/C17H22N4O5S/c1-18(2)27(24,25)17-7-6-16(26-17)13-19-8-10-20(11-9-19)14-4-3-5-15(12-14)21(22)23/h3-7,12H,8-11,13H2,1-2H3. The van der Waals surface area contributed by atoms with E-state index < -0.39 is 14.9 Å². The van der Waals surface area contributed by atoms with E-state index in [9.17, 15) is 18.5 Å². The molecule has 1 aliphatic rings. The Morgan fingerprint density at radius 3 is 2.48 bits per heavy atom. The second kappa shape index (κ2) is 7.67. The van der Waals surface area contributed by atoms with Crippen molar-refractivity contribution >= 4 is 21.4 Å². The van der Waals surface area contributed by atoms with Crippen LogP contribution >= 0.6 is 0 Å². The van der Waals surface area contributed by atoms with Crippen LogP contribution in [0.4, 0.5) is 11.4 Å². The predicted molar refractivity (Wildman–Crippen MR) is 100 cm³/mol. The number of anilines is 1. The Morgan fingerprint density at radius 2 is 1.85 bits per heavy atom. The smallest absolute Gasteiger partial charge is 0.275 e. The summed E-state index contributed by atoms with van der Waals surface area (Å²) in [6.45, 7) is 3.47. The Morgan fingerprint density at radius 1 is 1.15 bits per heavy atom. The first-order valence-corrected chi connectivity index (χ1v) is 9.94. The molecule has 9 nitrogen and oxygen atoms in total. The Balaban J connectivity index is 1.60. The lowest BCUT2D eigenvalue weighted by atomic mass is 10.2. The number of nitro benzene ring substituents is 1. The molecule has 2 heterocycles. The highest BCUT2D eigenvalue weighted by molar-refractivity contribution is 7.88. The van der Waals surface area contributed by atoms with Crippen molar-refractivity contribution in [3.63, 3.8) is 0 Å². The number of non-ortho nitro benzene ring substituents is 1. The number of benzene rings is 1. The summed E-state index contributed by atoms with van der Waals surface area (Å²) in [7, 11) is -0.642. The quantitative estimate of drug-likeness (QED) is 0.544. The number of sulfonamides is 1. The number of piperazine rings is 1. The van der Waals surface area contributed by atoms with Gasteiger partial charge in [0.2, 0.25) is 5.09 Å². The summed E-state index contributed by atoms with van der Waals surface area (Å²) in [5, 5.41) is 10.9. The number of hydrogen-bond acceptors (Lipinski definition) is 7. The molecular formula is C17H22N4O5S. The SMILES string of the molecule is CN(C)S(=O)(=O)c1ccc(CN2CCN(c3cccc([N+](=O)[O-])c3)CC2)o1. The van der Waals surface area contributed by atoms with Crippen LogP contribution in [-0.4, -0.2) is 62.8 Å². The zero-order valence-electron chi connectivity index (χ0n) is 15.2. The van der Waals surface area contributed by atoms with Crippen molar-refractivity contribution in [2.75, 3.05) is 45.2 Å². The number of rotatable bonds is 6. The van der Waals surface area contributed by atoms with Crippen LogP contribution in [0.2, 0.25) is 0 Å². The van der Waals surface area contributed by atoms with Crippen molar-refractivity contribution in [2.45, 2.75) is 11.6 Å². The third kappa shape index (κ3) is 4.29. The monoisotopic (exact) mass is 394 g/mol. The van der Waals surface area contributed by atoms with E-state index in [0.29, 0.717) is 12.3 Å². The summed E-state index contributed by atoms with van der Waals surface area (Å²) >= 11 is 0. The molecule has 1 aliphatic heterocycles. The van der Waals surface area contributed by atoms with Gasteiger partial charge in [0.05, 0.1) is 11.5 Å². The number of furan rings is 1. The summed E-state index contributed by atoms with van der Waals surface area (Å²) in [5.41, 5.74) is 0.918. The minimum Gasteiger partial charge on any atom is -0.447 e. The van der Waals surface area contributed by atoms with Gasteiger partial charge >= 0.3 is 0 Å². The largest absolute Gasteiger partial charge is 0.447 e. The topological polar surface area (TPSA) is 100 Å². The second-order valence-corrected chi connectivity index (χ2v) is 8.63. The van der Waals surface area contributed by atoms with Crippen LogP contribution in [0, 0.1) is 10.1 Å². The van der Waals surface area contributed by atoms with E-state index in [-0.39, 0.29) is 10.8 Å². The van der Waals surface area contributed by atoms with Crippen LogP contribution in [0.15, 0.2) is 45.9 Å². The van der Waals surface area contributed by atoms with Gasteiger partial charge in [-0.3, -0.25) is 15.0 Å². The van der Waals surface area contributed by atoms with Crippen molar-refractivity contribution in [3.05, 3.63) is 52.3 Å². The van der Waals surface area contributed by atoms with Gasteiger partial charge in [-0.15, -0.1) is 0 Å². The minimum absolute atomic E-state index is 0.0577. The highest BCUT2D eigenvalue weighted by Crippen LogP contribution is 2.23. The van der Waals surface area contributed by atoms with Gasteiger partial charge in [0.1, 0.15) is 5.76 Å². The molecule has 0 N–H and O–H groups in total. The van der Waals surface area contributed by atoms with Crippen LogP contribution in [0.3, 0.4) is 0 Å². The van der Waals surface area contributed by atoms with Crippen LogP contribution in [0.5, 0.6) is 0 Å². The lowest BCUT2D eigenvalue weighted by molar-refractivity contribution is -0.384. The molecule has 0 atom stereocenters. The molecule has 0 aliphatic carbocycles. The molecule has 3 rings (SSSR count). The fourth-order valence-corrected chi connectivity index (χ4v) is 3.76. The summed E-state index contributed by atoms with van der Waals surface area (Å²) in [4.78, 5) is 14.8. The minimum atomic E-state index is -3.57. The first kappa shape index (κ1) is 19.3. The van der Waals surface area contributed by atoms with Crippen molar-refractivity contribution in [1.82, 2.24) is 9.21 Å². The Labute approximate surface area is 158 Å². The first-order chi connectivity index (χ1) is 12.8. The van der Waals surface area contributed by atoms with E-state index >= 15 is 0 Å². The van der Waals surface area contributed by atoms with Crippen LogP contribution in [0.1, 0.15) is 5.76 Å². The molecule has 146 valence electrons. The van der Waals surface area contributed by atoms with E-state index in [4.69, 9.17) is 4.42 Å². The van der Waals surface area contributed by atoms with Gasteiger partial charge in [-0.1, -0.05) is 6.07 Å². The molecule has 1 aromatic carbocycles. The van der Waals surface area contributed by atoms with E-state index in [1.165, 1.54) is 26.2 Å². The van der Waals surface area contributed by atoms with Crippen molar-refractivity contribution in [3.8, 4) is 0 Å². The van der Waals surface area contributed by atoms with Gasteiger partial charge in [0, 0.05) is 58.1 Å². The van der Waals surface area contributed by atoms with Gasteiger partial charge in [0.25, 0.3) is 15.7 Å². The van der Waals surface area contributed by atoms with Gasteiger partial charge in [-0.2, -0.15) is 0 Å². The second-order valence-electron chi connectivity index (χ2n) is 6.55. The molecule has 0 bridgehead atoms. The zero-order chi connectivity index (χ0) is 19.6. The van der Waals surface area contributed by atoms with Crippen molar-refractivity contribution < 1.29 is 17.8 Å². The average molecular weight is 394 g/mol. The van der Waals surface area contributed by atoms with E-state index in [1.54, 1.807) is 18.2 Å². The molecule has 10 heteroatoms. The van der Waals surface area contributed by atoms with Gasteiger partial charge < -0.3 is 9.32 Å². The number of hydrogen-bond donors (Lipinski definition) is 0. The molecule has 1 saturated heterocycles. The molecule has 0 spiro atoms. The lowest BCUT2D eigenvalue weighted by Gasteiger charge is -2.35. The predicted octanol–water partition coefficient (Wildman–Crippen LogP) is 1.76. The molecule has 0 amide bonds. The van der Waals surface area contributed by atoms with E-state index in [2.05, 4.69) is 9.80 Å². The summed E-state index contributed by atoms with van der Waals surface area (Å²) < 4.78 is 30.8. The highest BCUT2D eigenvalue weighted by Gasteiger charge is 2.23. The fraction of sp³-hybridized carbons (Fsp3) is 0.412.